The third-order valence-corrected chi connectivity index (χ3v) is 6.34. The summed E-state index contributed by atoms with van der Waals surface area (Å²) in [6, 6.07) is 7.57. The summed E-state index contributed by atoms with van der Waals surface area (Å²) in [6.07, 6.45) is 4.39. The molecular formula is C23H26ClN5O3. The van der Waals surface area contributed by atoms with Gasteiger partial charge in [-0.25, -0.2) is 0 Å². The normalized spacial score (nSPS) is 20.1. The van der Waals surface area contributed by atoms with E-state index < -0.39 is 23.9 Å². The molecule has 4 rings (SSSR count). The maximum atomic E-state index is 13.0. The largest absolute Gasteiger partial charge is 0.356 e. The van der Waals surface area contributed by atoms with Crippen molar-refractivity contribution < 1.29 is 14.4 Å². The minimum Gasteiger partial charge on any atom is -0.356 e. The minimum absolute atomic E-state index is 0.0764. The summed E-state index contributed by atoms with van der Waals surface area (Å²) >= 11 is 6.01. The summed E-state index contributed by atoms with van der Waals surface area (Å²) in [5.74, 6) is -0.765. The molecule has 1 aromatic carbocycles. The number of amides is 3. The number of fused-ring (bicyclic) bond motifs is 1. The smallest absolute Gasteiger partial charge is 0.268 e. The molecular weight excluding hydrogens is 430 g/mol. The number of nitrogens with zero attached hydrogens (tertiary/aromatic N) is 1. The predicted octanol–water partition coefficient (Wildman–Crippen LogP) is 2.64. The van der Waals surface area contributed by atoms with Crippen molar-refractivity contribution in [1.82, 2.24) is 20.9 Å². The highest BCUT2D eigenvalue weighted by Crippen LogP contribution is 2.33. The van der Waals surface area contributed by atoms with Crippen molar-refractivity contribution in [2.45, 2.75) is 50.6 Å². The van der Waals surface area contributed by atoms with Crippen LogP contribution in [-0.2, 0) is 9.59 Å². The highest BCUT2D eigenvalue weighted by molar-refractivity contribution is 6.31. The van der Waals surface area contributed by atoms with E-state index in [-0.39, 0.29) is 18.2 Å². The van der Waals surface area contributed by atoms with E-state index in [1.807, 2.05) is 6.07 Å². The zero-order valence-electron chi connectivity index (χ0n) is 17.6. The molecule has 8 nitrogen and oxygen atoms in total. The lowest BCUT2D eigenvalue weighted by molar-refractivity contribution is -0.128. The summed E-state index contributed by atoms with van der Waals surface area (Å²) in [5.41, 5.74) is 1.08. The van der Waals surface area contributed by atoms with Crippen molar-refractivity contribution >= 4 is 40.2 Å². The Bertz CT molecular complexity index is 1070. The van der Waals surface area contributed by atoms with Gasteiger partial charge in [0.25, 0.3) is 5.91 Å². The molecule has 0 bridgehead atoms. The van der Waals surface area contributed by atoms with Gasteiger partial charge in [0.2, 0.25) is 11.8 Å². The molecule has 1 aromatic heterocycles. The first kappa shape index (κ1) is 22.2. The van der Waals surface area contributed by atoms with Gasteiger partial charge in [-0.1, -0.05) is 30.5 Å². The van der Waals surface area contributed by atoms with E-state index in [0.29, 0.717) is 36.0 Å². The number of hydrogen-bond donors (Lipinski definition) is 4. The summed E-state index contributed by atoms with van der Waals surface area (Å²) in [5, 5.41) is 19.3. The lowest BCUT2D eigenvalue weighted by atomic mass is 9.92. The molecule has 2 fully saturated rings. The molecule has 2 aromatic rings. The maximum absolute atomic E-state index is 13.0. The third kappa shape index (κ3) is 5.40. The molecule has 32 heavy (non-hydrogen) atoms. The van der Waals surface area contributed by atoms with E-state index in [9.17, 15) is 19.6 Å². The van der Waals surface area contributed by atoms with Crippen LogP contribution in [0.15, 0.2) is 24.3 Å². The Labute approximate surface area is 191 Å². The number of benzene rings is 1. The second-order valence-electron chi connectivity index (χ2n) is 8.68. The number of aromatic nitrogens is 1. The van der Waals surface area contributed by atoms with Crippen molar-refractivity contribution in [3.05, 3.63) is 35.0 Å². The molecule has 0 spiro atoms. The van der Waals surface area contributed by atoms with Crippen LogP contribution in [0.1, 0.15) is 49.0 Å². The van der Waals surface area contributed by atoms with Crippen LogP contribution in [-0.4, -0.2) is 41.3 Å². The Kier molecular flexibility index (Phi) is 6.66. The van der Waals surface area contributed by atoms with Gasteiger partial charge >= 0.3 is 0 Å². The fourth-order valence-corrected chi connectivity index (χ4v) is 4.31. The van der Waals surface area contributed by atoms with Crippen molar-refractivity contribution in [2.75, 3.05) is 6.54 Å². The molecule has 2 heterocycles. The highest BCUT2D eigenvalue weighted by atomic mass is 35.5. The molecule has 9 heteroatoms. The van der Waals surface area contributed by atoms with E-state index in [2.05, 4.69) is 27.0 Å². The van der Waals surface area contributed by atoms with E-state index in [1.165, 1.54) is 0 Å². The molecule has 0 radical (unpaired) electrons. The number of rotatable bonds is 8. The Morgan fingerprint density at radius 1 is 1.19 bits per heavy atom. The van der Waals surface area contributed by atoms with Crippen LogP contribution in [0.4, 0.5) is 0 Å². The van der Waals surface area contributed by atoms with E-state index in [4.69, 9.17) is 11.6 Å². The van der Waals surface area contributed by atoms with Gasteiger partial charge in [-0.3, -0.25) is 14.4 Å². The number of hydrogen-bond acceptors (Lipinski definition) is 4. The Morgan fingerprint density at radius 3 is 2.72 bits per heavy atom. The fourth-order valence-electron chi connectivity index (χ4n) is 4.14. The second kappa shape index (κ2) is 9.61. The van der Waals surface area contributed by atoms with Crippen molar-refractivity contribution in [1.29, 1.82) is 5.26 Å². The van der Waals surface area contributed by atoms with Crippen LogP contribution in [0, 0.1) is 23.2 Å². The van der Waals surface area contributed by atoms with Crippen molar-refractivity contribution in [3.8, 4) is 6.07 Å². The molecule has 3 atom stereocenters. The number of carbonyl (C=O) groups is 3. The first-order chi connectivity index (χ1) is 15.4. The lowest BCUT2D eigenvalue weighted by Gasteiger charge is -2.25. The zero-order chi connectivity index (χ0) is 22.7. The van der Waals surface area contributed by atoms with Crippen LogP contribution in [0.5, 0.6) is 0 Å². The number of H-pyrrole nitrogens is 1. The Hall–Kier alpha value is -3.05. The first-order valence-corrected chi connectivity index (χ1v) is 11.4. The first-order valence-electron chi connectivity index (χ1n) is 11.0. The van der Waals surface area contributed by atoms with Crippen LogP contribution in [0.3, 0.4) is 0 Å². The van der Waals surface area contributed by atoms with E-state index in [0.717, 1.165) is 30.2 Å². The predicted molar refractivity (Wildman–Crippen MR) is 120 cm³/mol. The van der Waals surface area contributed by atoms with E-state index >= 15 is 0 Å². The number of nitrogens with one attached hydrogen (secondary N) is 4. The van der Waals surface area contributed by atoms with E-state index in [1.54, 1.807) is 18.2 Å². The molecule has 1 saturated heterocycles. The quantitative estimate of drug-likeness (QED) is 0.488. The van der Waals surface area contributed by atoms with Gasteiger partial charge in [-0.15, -0.1) is 0 Å². The molecule has 3 amide bonds. The van der Waals surface area contributed by atoms with Gasteiger partial charge in [-0.05, 0) is 49.8 Å². The summed E-state index contributed by atoms with van der Waals surface area (Å²) in [6.45, 7) is 0.647. The number of halogens is 1. The zero-order valence-corrected chi connectivity index (χ0v) is 18.4. The third-order valence-electron chi connectivity index (χ3n) is 6.11. The van der Waals surface area contributed by atoms with Crippen LogP contribution >= 0.6 is 11.6 Å². The summed E-state index contributed by atoms with van der Waals surface area (Å²) < 4.78 is 0. The monoisotopic (exact) mass is 455 g/mol. The topological polar surface area (TPSA) is 127 Å². The highest BCUT2D eigenvalue weighted by Gasteiger charge is 2.33. The SMILES string of the molecule is N#CC(CC1CCCNC1=O)NC(=O)C(CC1CC1)NC(=O)c1cc2ccc(Cl)cc2[nH]1. The molecule has 168 valence electrons. The number of piperidine rings is 1. The van der Waals surface area contributed by atoms with Crippen LogP contribution in [0.25, 0.3) is 10.9 Å². The molecule has 1 aliphatic heterocycles. The lowest BCUT2D eigenvalue weighted by Crippen LogP contribution is -2.50. The summed E-state index contributed by atoms with van der Waals surface area (Å²) in [7, 11) is 0. The van der Waals surface area contributed by atoms with Crippen molar-refractivity contribution in [2.24, 2.45) is 11.8 Å². The number of carbonyl (C=O) groups excluding carboxylic acids is 3. The molecule has 1 aliphatic carbocycles. The Morgan fingerprint density at radius 2 is 2.00 bits per heavy atom. The van der Waals surface area contributed by atoms with Gasteiger partial charge in [0.1, 0.15) is 17.8 Å². The average molecular weight is 456 g/mol. The average Bonchev–Trinajstić information content (AvgIpc) is 3.49. The fraction of sp³-hybridized carbons (Fsp3) is 0.478. The standard InChI is InChI=1S/C23H26ClN5O3/c24-16-6-5-14-10-20(28-18(14)11-16)23(32)29-19(8-13-3-4-13)22(31)27-17(12-25)9-15-2-1-7-26-21(15)30/h5-6,10-11,13,15,17,19,28H,1-4,7-9H2,(H,26,30)(H,27,31)(H,29,32). The molecule has 4 N–H and O–H groups in total. The Balaban J connectivity index is 1.42. The van der Waals surface area contributed by atoms with Gasteiger partial charge in [-0.2, -0.15) is 5.26 Å². The second-order valence-corrected chi connectivity index (χ2v) is 9.11. The van der Waals surface area contributed by atoms with Gasteiger partial charge in [0.15, 0.2) is 0 Å². The molecule has 3 unspecified atom stereocenters. The number of nitriles is 1. The number of aromatic amines is 1. The van der Waals surface area contributed by atoms with Crippen molar-refractivity contribution in [3.63, 3.8) is 0 Å². The minimum atomic E-state index is -0.787. The maximum Gasteiger partial charge on any atom is 0.268 e. The summed E-state index contributed by atoms with van der Waals surface area (Å²) in [4.78, 5) is 40.9. The van der Waals surface area contributed by atoms with Gasteiger partial charge in [0.05, 0.1) is 6.07 Å². The van der Waals surface area contributed by atoms with Gasteiger partial charge < -0.3 is 20.9 Å². The van der Waals surface area contributed by atoms with Gasteiger partial charge in [0, 0.05) is 28.4 Å². The molecule has 2 aliphatic rings. The van der Waals surface area contributed by atoms with Crippen LogP contribution < -0.4 is 16.0 Å². The van der Waals surface area contributed by atoms with Crippen LogP contribution in [0.2, 0.25) is 5.02 Å². The molecule has 1 saturated carbocycles.